The second kappa shape index (κ2) is 8.50. The Morgan fingerprint density at radius 2 is 2.21 bits per heavy atom. The molecule has 0 spiro atoms. The minimum absolute atomic E-state index is 0.00734. The van der Waals surface area contributed by atoms with E-state index in [0.717, 1.165) is 11.3 Å². The predicted molar refractivity (Wildman–Crippen MR) is 94.0 cm³/mol. The van der Waals surface area contributed by atoms with Crippen LogP contribution < -0.4 is 0 Å². The Morgan fingerprint density at radius 3 is 2.88 bits per heavy atom. The second-order valence-corrected chi connectivity index (χ2v) is 6.39. The monoisotopic (exact) mass is 343 g/mol. The van der Waals surface area contributed by atoms with Crippen LogP contribution in [0.1, 0.15) is 24.5 Å². The molecule has 7 heteroatoms. The zero-order valence-electron chi connectivity index (χ0n) is 14.2. The van der Waals surface area contributed by atoms with Crippen LogP contribution in [-0.2, 0) is 4.79 Å². The Balaban J connectivity index is 2.08. The van der Waals surface area contributed by atoms with Crippen molar-refractivity contribution in [1.82, 2.24) is 19.7 Å². The van der Waals surface area contributed by atoms with Gasteiger partial charge in [0, 0.05) is 13.1 Å². The molecule has 6 nitrogen and oxygen atoms in total. The highest BCUT2D eigenvalue weighted by molar-refractivity contribution is 7.99. The molecule has 126 valence electrons. The Labute approximate surface area is 146 Å². The van der Waals surface area contributed by atoms with E-state index in [1.54, 1.807) is 11.2 Å². The lowest BCUT2D eigenvalue weighted by molar-refractivity contribution is -0.128. The Bertz CT molecular complexity index is 750. The van der Waals surface area contributed by atoms with E-state index in [2.05, 4.69) is 29.3 Å². The van der Waals surface area contributed by atoms with Gasteiger partial charge in [0.05, 0.1) is 23.9 Å². The zero-order valence-corrected chi connectivity index (χ0v) is 15.0. The highest BCUT2D eigenvalue weighted by Crippen LogP contribution is 2.22. The van der Waals surface area contributed by atoms with Gasteiger partial charge in [-0.15, -0.1) is 10.2 Å². The molecule has 1 aromatic carbocycles. The highest BCUT2D eigenvalue weighted by atomic mass is 32.2. The smallest absolute Gasteiger partial charge is 0.233 e. The fraction of sp³-hybridized carbons (Fsp3) is 0.412. The van der Waals surface area contributed by atoms with Crippen molar-refractivity contribution in [1.29, 1.82) is 5.26 Å². The number of nitriles is 1. The zero-order chi connectivity index (χ0) is 17.5. The number of rotatable bonds is 7. The minimum atomic E-state index is 0.00734. The van der Waals surface area contributed by atoms with E-state index in [1.807, 2.05) is 30.5 Å². The maximum atomic E-state index is 12.3. The van der Waals surface area contributed by atoms with Crippen molar-refractivity contribution >= 4 is 17.7 Å². The van der Waals surface area contributed by atoms with Crippen LogP contribution in [0.3, 0.4) is 0 Å². The molecule has 0 unspecified atom stereocenters. The number of hydrogen-bond acceptors (Lipinski definition) is 5. The van der Waals surface area contributed by atoms with Crippen LogP contribution in [0.15, 0.2) is 29.7 Å². The van der Waals surface area contributed by atoms with E-state index in [1.165, 1.54) is 17.3 Å². The standard InChI is InChI=1S/C17H21N5OS/c1-4-21(9-5-8-18)16(23)11-24-17-20-19-12-22(17)15-7-6-13(2)10-14(15)3/h6-7,10,12H,4-5,9,11H2,1-3H3. The van der Waals surface area contributed by atoms with Gasteiger partial charge in [-0.05, 0) is 32.4 Å². The van der Waals surface area contributed by atoms with Crippen LogP contribution in [0.4, 0.5) is 0 Å². The summed E-state index contributed by atoms with van der Waals surface area (Å²) in [5, 5.41) is 17.5. The van der Waals surface area contributed by atoms with Gasteiger partial charge in [-0.2, -0.15) is 5.26 Å². The van der Waals surface area contributed by atoms with Crippen molar-refractivity contribution < 1.29 is 4.79 Å². The number of aryl methyl sites for hydroxylation is 2. The molecule has 0 saturated heterocycles. The third kappa shape index (κ3) is 4.36. The molecule has 2 aromatic rings. The molecular formula is C17H21N5OS. The summed E-state index contributed by atoms with van der Waals surface area (Å²) >= 11 is 1.36. The molecule has 0 atom stereocenters. The first kappa shape index (κ1) is 18.0. The lowest BCUT2D eigenvalue weighted by Crippen LogP contribution is -2.33. The second-order valence-electron chi connectivity index (χ2n) is 5.44. The fourth-order valence-corrected chi connectivity index (χ4v) is 3.25. The molecular weight excluding hydrogens is 322 g/mol. The lowest BCUT2D eigenvalue weighted by atomic mass is 10.1. The molecule has 24 heavy (non-hydrogen) atoms. The predicted octanol–water partition coefficient (Wildman–Crippen LogP) is 2.74. The summed E-state index contributed by atoms with van der Waals surface area (Å²) in [5.74, 6) is 0.288. The van der Waals surface area contributed by atoms with Crippen molar-refractivity contribution in [2.24, 2.45) is 0 Å². The van der Waals surface area contributed by atoms with Crippen LogP contribution in [0.2, 0.25) is 0 Å². The van der Waals surface area contributed by atoms with Crippen LogP contribution in [0.5, 0.6) is 0 Å². The third-order valence-electron chi connectivity index (χ3n) is 3.68. The number of aromatic nitrogens is 3. The first-order valence-corrected chi connectivity index (χ1v) is 8.80. The minimum Gasteiger partial charge on any atom is -0.341 e. The molecule has 0 N–H and O–H groups in total. The number of carbonyl (C=O) groups excluding carboxylic acids is 1. The van der Waals surface area contributed by atoms with Crippen molar-refractivity contribution in [2.45, 2.75) is 32.3 Å². The number of nitrogens with zero attached hydrogens (tertiary/aromatic N) is 5. The largest absolute Gasteiger partial charge is 0.341 e. The molecule has 0 aliphatic rings. The summed E-state index contributed by atoms with van der Waals surface area (Å²) in [4.78, 5) is 14.0. The number of hydrogen-bond donors (Lipinski definition) is 0. The highest BCUT2D eigenvalue weighted by Gasteiger charge is 2.15. The maximum Gasteiger partial charge on any atom is 0.233 e. The van der Waals surface area contributed by atoms with Crippen molar-refractivity contribution in [3.8, 4) is 11.8 Å². The average molecular weight is 343 g/mol. The quantitative estimate of drug-likeness (QED) is 0.723. The van der Waals surface area contributed by atoms with E-state index >= 15 is 0 Å². The van der Waals surface area contributed by atoms with Gasteiger partial charge in [0.1, 0.15) is 6.33 Å². The van der Waals surface area contributed by atoms with Crippen LogP contribution in [-0.4, -0.2) is 44.4 Å². The molecule has 0 fully saturated rings. The van der Waals surface area contributed by atoms with Gasteiger partial charge in [-0.1, -0.05) is 29.5 Å². The van der Waals surface area contributed by atoms with Gasteiger partial charge in [-0.25, -0.2) is 0 Å². The SMILES string of the molecule is CCN(CCC#N)C(=O)CSc1nncn1-c1ccc(C)cc1C. The molecule has 0 radical (unpaired) electrons. The molecule has 0 bridgehead atoms. The van der Waals surface area contributed by atoms with Gasteiger partial charge < -0.3 is 4.90 Å². The van der Waals surface area contributed by atoms with E-state index < -0.39 is 0 Å². The number of amides is 1. The summed E-state index contributed by atoms with van der Waals surface area (Å²) in [7, 11) is 0. The summed E-state index contributed by atoms with van der Waals surface area (Å²) in [6.45, 7) is 7.08. The molecule has 0 aliphatic carbocycles. The van der Waals surface area contributed by atoms with Gasteiger partial charge >= 0.3 is 0 Å². The number of carbonyl (C=O) groups is 1. The van der Waals surface area contributed by atoms with Gasteiger partial charge in [-0.3, -0.25) is 9.36 Å². The third-order valence-corrected chi connectivity index (χ3v) is 4.61. The van der Waals surface area contributed by atoms with Crippen LogP contribution >= 0.6 is 11.8 Å². The molecule has 0 saturated carbocycles. The molecule has 1 heterocycles. The Morgan fingerprint density at radius 1 is 1.42 bits per heavy atom. The van der Waals surface area contributed by atoms with Gasteiger partial charge in [0.2, 0.25) is 5.91 Å². The Kier molecular flexibility index (Phi) is 6.38. The Hall–Kier alpha value is -2.33. The first-order valence-electron chi connectivity index (χ1n) is 7.82. The summed E-state index contributed by atoms with van der Waals surface area (Å²) in [5.41, 5.74) is 3.34. The molecule has 2 rings (SSSR count). The van der Waals surface area contributed by atoms with E-state index in [9.17, 15) is 4.79 Å². The van der Waals surface area contributed by atoms with E-state index in [-0.39, 0.29) is 11.7 Å². The van der Waals surface area contributed by atoms with Crippen molar-refractivity contribution in [2.75, 3.05) is 18.8 Å². The fourth-order valence-electron chi connectivity index (χ4n) is 2.43. The summed E-state index contributed by atoms with van der Waals surface area (Å²) in [6.07, 6.45) is 2.01. The number of thioether (sulfide) groups is 1. The summed E-state index contributed by atoms with van der Waals surface area (Å²) in [6, 6.07) is 8.26. The van der Waals surface area contributed by atoms with Crippen LogP contribution in [0, 0.1) is 25.2 Å². The summed E-state index contributed by atoms with van der Waals surface area (Å²) < 4.78 is 1.90. The maximum absolute atomic E-state index is 12.3. The van der Waals surface area contributed by atoms with Crippen LogP contribution in [0.25, 0.3) is 5.69 Å². The first-order chi connectivity index (χ1) is 11.6. The molecule has 1 aromatic heterocycles. The topological polar surface area (TPSA) is 74.8 Å². The molecule has 0 aliphatic heterocycles. The molecule has 1 amide bonds. The van der Waals surface area contributed by atoms with Gasteiger partial charge in [0.15, 0.2) is 5.16 Å². The van der Waals surface area contributed by atoms with E-state index in [0.29, 0.717) is 24.7 Å². The number of benzene rings is 1. The lowest BCUT2D eigenvalue weighted by Gasteiger charge is -2.19. The normalized spacial score (nSPS) is 10.4. The van der Waals surface area contributed by atoms with Crippen molar-refractivity contribution in [3.05, 3.63) is 35.7 Å². The average Bonchev–Trinajstić information content (AvgIpc) is 3.02. The van der Waals surface area contributed by atoms with E-state index in [4.69, 9.17) is 5.26 Å². The van der Waals surface area contributed by atoms with Crippen molar-refractivity contribution in [3.63, 3.8) is 0 Å². The van der Waals surface area contributed by atoms with Gasteiger partial charge in [0.25, 0.3) is 0 Å².